The van der Waals surface area contributed by atoms with Gasteiger partial charge in [0.25, 0.3) is 0 Å². The number of fused-ring (bicyclic) bond motifs is 4. The lowest BCUT2D eigenvalue weighted by molar-refractivity contribution is 0.662. The van der Waals surface area contributed by atoms with Gasteiger partial charge in [0, 0.05) is 5.41 Å². The van der Waals surface area contributed by atoms with Gasteiger partial charge in [-0.25, -0.2) is 0 Å². The fraction of sp³-hybridized carbons (Fsp3) is 0.130. The zero-order valence-electron chi connectivity index (χ0n) is 26.8. The van der Waals surface area contributed by atoms with E-state index in [-0.39, 0.29) is 5.41 Å². The zero-order valence-corrected chi connectivity index (χ0v) is 26.8. The molecule has 0 spiro atoms. The Bertz CT molecular complexity index is 2180. The van der Waals surface area contributed by atoms with Gasteiger partial charge >= 0.3 is 0 Å². The molecule has 0 nitrogen and oxygen atoms in total. The molecule has 0 heteroatoms. The molecule has 0 fully saturated rings. The minimum absolute atomic E-state index is 0.170. The largest absolute Gasteiger partial charge is 0.0622 e. The monoisotopic (exact) mass is 590 g/mol. The van der Waals surface area contributed by atoms with Gasteiger partial charge < -0.3 is 0 Å². The summed E-state index contributed by atoms with van der Waals surface area (Å²) in [6, 6.07) is 58.3. The summed E-state index contributed by atoms with van der Waals surface area (Å²) < 4.78 is 0. The third kappa shape index (κ3) is 4.77. The average Bonchev–Trinajstić information content (AvgIpc) is 3.35. The van der Waals surface area contributed by atoms with Crippen LogP contribution < -0.4 is 0 Å². The third-order valence-electron chi connectivity index (χ3n) is 10.2. The van der Waals surface area contributed by atoms with Crippen LogP contribution in [0.2, 0.25) is 0 Å². The maximum atomic E-state index is 2.46. The van der Waals surface area contributed by atoms with E-state index in [1.54, 1.807) is 0 Å². The summed E-state index contributed by atoms with van der Waals surface area (Å²) in [7, 11) is 0. The van der Waals surface area contributed by atoms with Gasteiger partial charge in [-0.15, -0.1) is 0 Å². The van der Waals surface area contributed by atoms with Crippen LogP contribution >= 0.6 is 0 Å². The fourth-order valence-corrected chi connectivity index (χ4v) is 7.76. The lowest BCUT2D eigenvalue weighted by Gasteiger charge is -2.26. The van der Waals surface area contributed by atoms with Gasteiger partial charge in [0.1, 0.15) is 0 Å². The SMILES string of the molecule is CC(Cc1ccccc1)c1ccc(-c2ccc3c(c2)C(C)(C)c2c(-c4ccccc4)ccc(-c4cccc5ccccc45)c2-3)cc1. The Kier molecular flexibility index (Phi) is 6.95. The maximum absolute atomic E-state index is 2.46. The Morgan fingerprint density at radius 3 is 1.91 bits per heavy atom. The molecule has 0 saturated carbocycles. The van der Waals surface area contributed by atoms with Crippen molar-refractivity contribution in [3.8, 4) is 44.5 Å². The van der Waals surface area contributed by atoms with Gasteiger partial charge in [0.05, 0.1) is 0 Å². The summed E-state index contributed by atoms with van der Waals surface area (Å²) in [5.74, 6) is 0.466. The summed E-state index contributed by atoms with van der Waals surface area (Å²) in [4.78, 5) is 0. The lowest BCUT2D eigenvalue weighted by Crippen LogP contribution is -2.16. The third-order valence-corrected chi connectivity index (χ3v) is 10.2. The highest BCUT2D eigenvalue weighted by Crippen LogP contribution is 2.56. The van der Waals surface area contributed by atoms with Crippen molar-refractivity contribution >= 4 is 10.8 Å². The Balaban J connectivity index is 1.25. The quantitative estimate of drug-likeness (QED) is 0.181. The van der Waals surface area contributed by atoms with Gasteiger partial charge in [-0.05, 0) is 95.9 Å². The lowest BCUT2D eigenvalue weighted by atomic mass is 9.77. The van der Waals surface area contributed by atoms with Gasteiger partial charge in [0.2, 0.25) is 0 Å². The highest BCUT2D eigenvalue weighted by atomic mass is 14.4. The molecule has 1 aliphatic rings. The molecule has 222 valence electrons. The zero-order chi connectivity index (χ0) is 31.3. The van der Waals surface area contributed by atoms with E-state index >= 15 is 0 Å². The molecule has 7 aromatic rings. The molecule has 0 aromatic heterocycles. The molecule has 7 aromatic carbocycles. The molecule has 0 aliphatic heterocycles. The first-order chi connectivity index (χ1) is 22.5. The topological polar surface area (TPSA) is 0 Å². The van der Waals surface area contributed by atoms with Gasteiger partial charge in [-0.2, -0.15) is 0 Å². The molecular weight excluding hydrogens is 553 g/mol. The molecule has 0 N–H and O–H groups in total. The van der Waals surface area contributed by atoms with Crippen molar-refractivity contribution in [1.29, 1.82) is 0 Å². The summed E-state index contributed by atoms with van der Waals surface area (Å²) in [5, 5.41) is 2.57. The number of benzene rings is 7. The van der Waals surface area contributed by atoms with E-state index in [1.165, 1.54) is 77.5 Å². The number of hydrogen-bond acceptors (Lipinski definition) is 0. The first kappa shape index (κ1) is 28.3. The van der Waals surface area contributed by atoms with Crippen LogP contribution in [0, 0.1) is 0 Å². The Hall–Kier alpha value is -5.20. The normalized spacial score (nSPS) is 13.7. The second-order valence-electron chi connectivity index (χ2n) is 13.4. The summed E-state index contributed by atoms with van der Waals surface area (Å²) >= 11 is 0. The molecule has 1 unspecified atom stereocenters. The van der Waals surface area contributed by atoms with E-state index in [2.05, 4.69) is 178 Å². The Labute approximate surface area is 273 Å². The summed E-state index contributed by atoms with van der Waals surface area (Å²) in [6.07, 6.45) is 1.05. The van der Waals surface area contributed by atoms with Gasteiger partial charge in [0.15, 0.2) is 0 Å². The van der Waals surface area contributed by atoms with Crippen LogP contribution in [0.1, 0.15) is 48.9 Å². The van der Waals surface area contributed by atoms with Crippen LogP contribution in [0.3, 0.4) is 0 Å². The van der Waals surface area contributed by atoms with E-state index in [4.69, 9.17) is 0 Å². The predicted molar refractivity (Wildman–Crippen MR) is 196 cm³/mol. The summed E-state index contributed by atoms with van der Waals surface area (Å²) in [5.41, 5.74) is 15.9. The second-order valence-corrected chi connectivity index (χ2v) is 13.4. The first-order valence-electron chi connectivity index (χ1n) is 16.5. The molecule has 0 amide bonds. The van der Waals surface area contributed by atoms with Crippen molar-refractivity contribution in [2.45, 2.75) is 38.5 Å². The molecule has 46 heavy (non-hydrogen) atoms. The van der Waals surface area contributed by atoms with Crippen molar-refractivity contribution < 1.29 is 0 Å². The minimum atomic E-state index is -0.170. The smallest absolute Gasteiger partial charge is 0.0165 e. The van der Waals surface area contributed by atoms with Crippen LogP contribution in [-0.4, -0.2) is 0 Å². The second kappa shape index (κ2) is 11.3. The van der Waals surface area contributed by atoms with Crippen molar-refractivity contribution in [3.63, 3.8) is 0 Å². The summed E-state index contributed by atoms with van der Waals surface area (Å²) in [6.45, 7) is 7.15. The molecule has 1 atom stereocenters. The van der Waals surface area contributed by atoms with E-state index in [0.717, 1.165) is 6.42 Å². The van der Waals surface area contributed by atoms with Crippen LogP contribution in [0.5, 0.6) is 0 Å². The molecule has 0 saturated heterocycles. The van der Waals surface area contributed by atoms with E-state index in [1.807, 2.05) is 0 Å². The highest BCUT2D eigenvalue weighted by Gasteiger charge is 2.39. The molecule has 0 heterocycles. The average molecular weight is 591 g/mol. The van der Waals surface area contributed by atoms with E-state index < -0.39 is 0 Å². The van der Waals surface area contributed by atoms with Crippen LogP contribution in [0.4, 0.5) is 0 Å². The maximum Gasteiger partial charge on any atom is 0.0165 e. The minimum Gasteiger partial charge on any atom is -0.0622 e. The van der Waals surface area contributed by atoms with E-state index in [9.17, 15) is 0 Å². The Morgan fingerprint density at radius 1 is 0.500 bits per heavy atom. The molecule has 0 bridgehead atoms. The number of hydrogen-bond donors (Lipinski definition) is 0. The van der Waals surface area contributed by atoms with Gasteiger partial charge in [-0.3, -0.25) is 0 Å². The van der Waals surface area contributed by atoms with Crippen molar-refractivity contribution in [2.75, 3.05) is 0 Å². The molecule has 1 aliphatic carbocycles. The van der Waals surface area contributed by atoms with Gasteiger partial charge in [-0.1, -0.05) is 172 Å². The molecular formula is C46H38. The predicted octanol–water partition coefficient (Wildman–Crippen LogP) is 12.5. The molecule has 0 radical (unpaired) electrons. The number of rotatable bonds is 6. The fourth-order valence-electron chi connectivity index (χ4n) is 7.76. The van der Waals surface area contributed by atoms with Crippen molar-refractivity contribution in [3.05, 3.63) is 180 Å². The Morgan fingerprint density at radius 2 is 1.13 bits per heavy atom. The highest BCUT2D eigenvalue weighted by molar-refractivity contribution is 6.05. The molecule has 8 rings (SSSR count). The first-order valence-corrected chi connectivity index (χ1v) is 16.5. The van der Waals surface area contributed by atoms with Crippen LogP contribution in [0.25, 0.3) is 55.3 Å². The van der Waals surface area contributed by atoms with Crippen molar-refractivity contribution in [2.24, 2.45) is 0 Å². The van der Waals surface area contributed by atoms with Crippen LogP contribution in [0.15, 0.2) is 158 Å². The van der Waals surface area contributed by atoms with Crippen LogP contribution in [-0.2, 0) is 11.8 Å². The standard InChI is InChI=1S/C46H38/c1-31(29-32-13-6-4-7-14-32)33-21-23-34(24-22-33)37-25-26-42-43(30-37)46(2,3)45-39(36-15-8-5-9-16-36)27-28-41(44(42)45)40-20-12-18-35-17-10-11-19-38(35)40/h4-28,30-31H,29H2,1-3H3. The van der Waals surface area contributed by atoms with Crippen molar-refractivity contribution in [1.82, 2.24) is 0 Å². The van der Waals surface area contributed by atoms with E-state index in [0.29, 0.717) is 5.92 Å².